The van der Waals surface area contributed by atoms with Crippen molar-refractivity contribution >= 4 is 49.8 Å². The summed E-state index contributed by atoms with van der Waals surface area (Å²) in [4.78, 5) is 17.4. The second kappa shape index (κ2) is 11.1. The summed E-state index contributed by atoms with van der Waals surface area (Å²) in [5.41, 5.74) is -2.04. The number of halogens is 6. The normalized spacial score (nSPS) is 22.9. The van der Waals surface area contributed by atoms with E-state index in [-0.39, 0.29) is 17.7 Å². The van der Waals surface area contributed by atoms with Crippen LogP contribution in [0.2, 0.25) is 0 Å². The highest BCUT2D eigenvalue weighted by atomic mass is 32.2. The van der Waals surface area contributed by atoms with Crippen molar-refractivity contribution in [3.05, 3.63) is 69.8 Å². The van der Waals surface area contributed by atoms with E-state index in [1.165, 1.54) is 22.6 Å². The maximum absolute atomic E-state index is 13.6. The fraction of sp³-hybridized carbons (Fsp3) is 0.370. The van der Waals surface area contributed by atoms with Gasteiger partial charge in [-0.15, -0.1) is 4.99 Å². The van der Waals surface area contributed by atoms with Crippen LogP contribution in [0.15, 0.2) is 52.5 Å². The molecule has 16 heteroatoms. The zero-order chi connectivity index (χ0) is 31.4. The number of quaternary nitrogens is 1. The minimum Gasteiger partial charge on any atom is -0.271 e. The van der Waals surface area contributed by atoms with Crippen molar-refractivity contribution in [1.82, 2.24) is 14.5 Å². The van der Waals surface area contributed by atoms with Crippen molar-refractivity contribution < 1.29 is 44.0 Å². The predicted octanol–water partition coefficient (Wildman–Crippen LogP) is 5.25. The highest BCUT2D eigenvalue weighted by Gasteiger charge is 2.41. The Balaban J connectivity index is 1.32. The summed E-state index contributed by atoms with van der Waals surface area (Å²) >= 11 is 1.24. The van der Waals surface area contributed by atoms with E-state index in [9.17, 15) is 39.6 Å². The molecule has 230 valence electrons. The van der Waals surface area contributed by atoms with Gasteiger partial charge < -0.3 is 0 Å². The van der Waals surface area contributed by atoms with Crippen LogP contribution in [0.5, 0.6) is 0 Å². The molecule has 5 rings (SSSR count). The van der Waals surface area contributed by atoms with Gasteiger partial charge in [-0.1, -0.05) is 12.1 Å². The molecule has 3 heterocycles. The van der Waals surface area contributed by atoms with Crippen molar-refractivity contribution in [1.29, 1.82) is 0 Å². The predicted molar refractivity (Wildman–Crippen MR) is 150 cm³/mol. The first-order valence-corrected chi connectivity index (χ1v) is 15.7. The second-order valence-corrected chi connectivity index (χ2v) is 13.6. The number of piperidine rings is 1. The molecule has 0 radical (unpaired) electrons. The van der Waals surface area contributed by atoms with Crippen LogP contribution in [0, 0.1) is 0 Å². The molecule has 1 fully saturated rings. The first-order valence-electron chi connectivity index (χ1n) is 13.0. The molecule has 0 atom stereocenters. The van der Waals surface area contributed by atoms with Gasteiger partial charge in [0.1, 0.15) is 0 Å². The molecule has 1 aromatic heterocycles. The lowest BCUT2D eigenvalue weighted by Crippen LogP contribution is -2.56. The number of sulfonamides is 1. The van der Waals surface area contributed by atoms with Crippen LogP contribution in [-0.2, 0) is 33.7 Å². The number of carbonyl (C=O) groups excluding carboxylic acids is 1. The second-order valence-electron chi connectivity index (χ2n) is 10.8. The lowest BCUT2D eigenvalue weighted by Gasteiger charge is -2.38. The molecule has 0 aliphatic carbocycles. The van der Waals surface area contributed by atoms with Gasteiger partial charge >= 0.3 is 12.4 Å². The Hall–Kier alpha value is -3.21. The Kier molecular flexibility index (Phi) is 8.03. The third-order valence-electron chi connectivity index (χ3n) is 7.42. The molecule has 0 bridgehead atoms. The molecule has 0 spiro atoms. The fourth-order valence-electron chi connectivity index (χ4n) is 5.17. The Labute approximate surface area is 247 Å². The van der Waals surface area contributed by atoms with Crippen LogP contribution in [0.25, 0.3) is 17.0 Å². The molecule has 2 aromatic carbocycles. The number of fused-ring (bicyclic) bond motifs is 1. The standard InChI is InChI=1S/C27H26F6N5O3S2/c1-38(9-7-20(8-10-38)36-43(2,40)41)25-35-24(39)23(42-25)12-16-3-6-22-18(11-16)14-34-37(22)15-17-4-5-19(26(28,29)30)13-21(17)27(31,32)33/h3-6,11-14,20,36H,7-10,15H2,1-2H3/q+1. The first-order chi connectivity index (χ1) is 19.9. The van der Waals surface area contributed by atoms with Gasteiger partial charge in [0.25, 0.3) is 11.1 Å². The lowest BCUT2D eigenvalue weighted by atomic mass is 10.0. The van der Waals surface area contributed by atoms with Gasteiger partial charge in [-0.05, 0) is 53.2 Å². The summed E-state index contributed by atoms with van der Waals surface area (Å²) in [6.45, 7) is 0.791. The first kappa shape index (κ1) is 31.2. The van der Waals surface area contributed by atoms with Crippen LogP contribution in [-0.4, -0.2) is 66.2 Å². The van der Waals surface area contributed by atoms with Crippen molar-refractivity contribution in [2.75, 3.05) is 26.4 Å². The average Bonchev–Trinajstić information content (AvgIpc) is 3.47. The van der Waals surface area contributed by atoms with E-state index in [4.69, 9.17) is 0 Å². The molecular weight excluding hydrogens is 620 g/mol. The van der Waals surface area contributed by atoms with E-state index in [0.717, 1.165) is 12.3 Å². The van der Waals surface area contributed by atoms with Crippen molar-refractivity contribution in [3.8, 4) is 0 Å². The van der Waals surface area contributed by atoms with Gasteiger partial charge in [-0.3, -0.25) is 14.0 Å². The molecular formula is C27H26F6N5O3S2+. The number of amidine groups is 1. The minimum absolute atomic E-state index is 0.106. The molecule has 1 N–H and O–H groups in total. The Bertz CT molecular complexity index is 1750. The molecule has 0 saturated carbocycles. The topological polar surface area (TPSA) is 93.4 Å². The monoisotopic (exact) mass is 646 g/mol. The summed E-state index contributed by atoms with van der Waals surface area (Å²) in [6.07, 6.45) is -4.52. The zero-order valence-electron chi connectivity index (χ0n) is 22.8. The molecule has 2 aliphatic heterocycles. The van der Waals surface area contributed by atoms with E-state index in [1.54, 1.807) is 24.3 Å². The Morgan fingerprint density at radius 2 is 1.77 bits per heavy atom. The van der Waals surface area contributed by atoms with Crippen LogP contribution in [0.3, 0.4) is 0 Å². The third-order valence-corrected chi connectivity index (χ3v) is 9.41. The molecule has 3 aromatic rings. The number of nitrogens with zero attached hydrogens (tertiary/aromatic N) is 4. The van der Waals surface area contributed by atoms with Crippen LogP contribution in [0.1, 0.15) is 35.1 Å². The summed E-state index contributed by atoms with van der Waals surface area (Å²) in [7, 11) is -1.38. The fourth-order valence-corrected chi connectivity index (χ4v) is 7.06. The van der Waals surface area contributed by atoms with E-state index in [1.807, 2.05) is 7.05 Å². The number of hydrogen-bond donors (Lipinski definition) is 1. The Morgan fingerprint density at radius 3 is 2.40 bits per heavy atom. The molecule has 1 saturated heterocycles. The maximum Gasteiger partial charge on any atom is 0.416 e. The molecule has 0 unspecified atom stereocenters. The molecule has 43 heavy (non-hydrogen) atoms. The number of rotatable bonds is 5. The van der Waals surface area contributed by atoms with E-state index >= 15 is 0 Å². The number of likely N-dealkylation sites (tertiary alicyclic amines) is 1. The van der Waals surface area contributed by atoms with Gasteiger partial charge in [0, 0.05) is 24.3 Å². The van der Waals surface area contributed by atoms with E-state index < -0.39 is 46.0 Å². The van der Waals surface area contributed by atoms with Crippen LogP contribution >= 0.6 is 11.8 Å². The number of amides is 1. The highest BCUT2D eigenvalue weighted by molar-refractivity contribution is 8.18. The minimum atomic E-state index is -4.99. The lowest BCUT2D eigenvalue weighted by molar-refractivity contribution is -0.823. The number of alkyl halides is 6. The largest absolute Gasteiger partial charge is 0.416 e. The molecule has 2 aliphatic rings. The van der Waals surface area contributed by atoms with Crippen LogP contribution < -0.4 is 4.72 Å². The SMILES string of the molecule is C[N+]1(C2=NC(=O)C(=Cc3ccc4c(cnn4Cc4ccc(C(F)(F)F)cc4C(F)(F)F)c3)S2)CCC(NS(C)(=O)=O)CC1. The zero-order valence-corrected chi connectivity index (χ0v) is 24.5. The van der Waals surface area contributed by atoms with Gasteiger partial charge in [-0.2, -0.15) is 31.4 Å². The molecule has 8 nitrogen and oxygen atoms in total. The van der Waals surface area contributed by atoms with Crippen molar-refractivity contribution in [3.63, 3.8) is 0 Å². The highest BCUT2D eigenvalue weighted by Crippen LogP contribution is 2.38. The van der Waals surface area contributed by atoms with Crippen molar-refractivity contribution in [2.24, 2.45) is 4.99 Å². The number of nitrogens with one attached hydrogen (secondary N) is 1. The number of thioether (sulfide) groups is 1. The van der Waals surface area contributed by atoms with E-state index in [0.29, 0.717) is 63.0 Å². The van der Waals surface area contributed by atoms with Crippen molar-refractivity contribution in [2.45, 2.75) is 37.8 Å². The summed E-state index contributed by atoms with van der Waals surface area (Å²) in [6, 6.07) is 6.34. The quantitative estimate of drug-likeness (QED) is 0.232. The van der Waals surface area contributed by atoms with Gasteiger partial charge in [0.2, 0.25) is 10.0 Å². The summed E-state index contributed by atoms with van der Waals surface area (Å²) in [5, 5.41) is 5.32. The summed E-state index contributed by atoms with van der Waals surface area (Å²) < 4.78 is 107. The maximum atomic E-state index is 13.6. The number of benzene rings is 2. The molecule has 1 amide bonds. The van der Waals surface area contributed by atoms with Gasteiger partial charge in [0.15, 0.2) is 0 Å². The number of hydrogen-bond acceptors (Lipinski definition) is 5. The number of aromatic nitrogens is 2. The average molecular weight is 647 g/mol. The van der Waals surface area contributed by atoms with Crippen LogP contribution in [0.4, 0.5) is 26.3 Å². The third kappa shape index (κ3) is 6.97. The van der Waals surface area contributed by atoms with E-state index in [2.05, 4.69) is 14.8 Å². The smallest absolute Gasteiger partial charge is 0.271 e. The van der Waals surface area contributed by atoms with Gasteiger partial charge in [-0.25, -0.2) is 13.1 Å². The van der Waals surface area contributed by atoms with Gasteiger partial charge in [0.05, 0.1) is 60.7 Å². The summed E-state index contributed by atoms with van der Waals surface area (Å²) in [5.74, 6) is -0.409. The number of carbonyl (C=O) groups is 1. The Morgan fingerprint density at radius 1 is 1.07 bits per heavy atom. The number of aliphatic imine (C=N–C) groups is 1.